The molecule has 0 bridgehead atoms. The number of hydrogen-bond acceptors (Lipinski definition) is 3. The van der Waals surface area contributed by atoms with E-state index in [0.717, 1.165) is 12.8 Å². The summed E-state index contributed by atoms with van der Waals surface area (Å²) in [7, 11) is 0. The first-order valence-electron chi connectivity index (χ1n) is 5.79. The zero-order chi connectivity index (χ0) is 10.3. The van der Waals surface area contributed by atoms with Crippen molar-refractivity contribution >= 4 is 11.8 Å². The molecule has 0 aromatic carbocycles. The van der Waals surface area contributed by atoms with Crippen molar-refractivity contribution in [2.75, 3.05) is 5.75 Å². The largest absolute Gasteiger partial charge is 0.319 e. The molecule has 0 spiro atoms. The van der Waals surface area contributed by atoms with Gasteiger partial charge in [-0.05, 0) is 31.4 Å². The molecule has 0 aliphatic carbocycles. The van der Waals surface area contributed by atoms with Gasteiger partial charge in [-0.3, -0.25) is 0 Å². The lowest BCUT2D eigenvalue weighted by atomic mass is 10.1. The van der Waals surface area contributed by atoms with Crippen molar-refractivity contribution in [3.05, 3.63) is 17.7 Å². The molecule has 2 unspecified atom stereocenters. The second-order valence-corrected chi connectivity index (χ2v) is 5.76. The minimum absolute atomic E-state index is 0.168. The van der Waals surface area contributed by atoms with Crippen molar-refractivity contribution in [1.29, 1.82) is 0 Å². The normalized spacial score (nSPS) is 30.5. The zero-order valence-electron chi connectivity index (χ0n) is 8.85. The van der Waals surface area contributed by atoms with Gasteiger partial charge in [-0.15, -0.1) is 0 Å². The Balaban J connectivity index is 1.90. The van der Waals surface area contributed by atoms with Gasteiger partial charge in [0.25, 0.3) is 0 Å². The summed E-state index contributed by atoms with van der Waals surface area (Å²) < 4.78 is 2.19. The number of fused-ring (bicyclic) bond motifs is 1. The maximum Gasteiger partial charge on any atom is 0.110 e. The average molecular weight is 223 g/mol. The lowest BCUT2D eigenvalue weighted by Gasteiger charge is -2.20. The van der Waals surface area contributed by atoms with Crippen molar-refractivity contribution in [3.8, 4) is 0 Å². The van der Waals surface area contributed by atoms with E-state index < -0.39 is 0 Å². The fourth-order valence-corrected chi connectivity index (χ4v) is 3.73. The highest BCUT2D eigenvalue weighted by molar-refractivity contribution is 7.99. The molecule has 15 heavy (non-hydrogen) atoms. The number of nitrogens with zero attached hydrogens (tertiary/aromatic N) is 2. The summed E-state index contributed by atoms with van der Waals surface area (Å²) in [6, 6.07) is 0. The van der Waals surface area contributed by atoms with Crippen LogP contribution >= 0.6 is 11.8 Å². The van der Waals surface area contributed by atoms with Crippen LogP contribution in [0.4, 0.5) is 0 Å². The Hall–Kier alpha value is -0.480. The van der Waals surface area contributed by atoms with Crippen molar-refractivity contribution in [2.24, 2.45) is 5.73 Å². The van der Waals surface area contributed by atoms with Gasteiger partial charge >= 0.3 is 0 Å². The number of aryl methyl sites for hydroxylation is 1. The van der Waals surface area contributed by atoms with Gasteiger partial charge in [-0.2, -0.15) is 11.8 Å². The molecule has 1 aromatic rings. The molecule has 1 fully saturated rings. The van der Waals surface area contributed by atoms with E-state index in [4.69, 9.17) is 10.7 Å². The van der Waals surface area contributed by atoms with Crippen LogP contribution in [0.2, 0.25) is 0 Å². The fourth-order valence-electron chi connectivity index (χ4n) is 2.50. The molecule has 3 heterocycles. The molecule has 2 N–H and O–H groups in total. The Morgan fingerprint density at radius 1 is 1.40 bits per heavy atom. The molecule has 0 radical (unpaired) electrons. The highest BCUT2D eigenvalue weighted by Crippen LogP contribution is 2.40. The standard InChI is InChI=1S/C11H17N3S/c12-10-4-1-5-11-13-8(7-14(10)11)9-3-2-6-15-9/h7,9-10H,1-6,12H2. The number of hydrogen-bond donors (Lipinski definition) is 1. The number of rotatable bonds is 1. The summed E-state index contributed by atoms with van der Waals surface area (Å²) in [5.41, 5.74) is 7.34. The number of nitrogens with two attached hydrogens (primary N) is 1. The maximum absolute atomic E-state index is 6.07. The first kappa shape index (κ1) is 9.73. The molecular weight excluding hydrogens is 206 g/mol. The van der Waals surface area contributed by atoms with E-state index in [2.05, 4.69) is 10.8 Å². The Morgan fingerprint density at radius 2 is 2.33 bits per heavy atom. The molecule has 0 saturated carbocycles. The highest BCUT2D eigenvalue weighted by atomic mass is 32.2. The van der Waals surface area contributed by atoms with E-state index in [1.807, 2.05) is 11.8 Å². The summed E-state index contributed by atoms with van der Waals surface area (Å²) in [4.78, 5) is 4.75. The van der Waals surface area contributed by atoms with Gasteiger partial charge in [0.2, 0.25) is 0 Å². The van der Waals surface area contributed by atoms with E-state index >= 15 is 0 Å². The molecule has 82 valence electrons. The number of imidazole rings is 1. The van der Waals surface area contributed by atoms with E-state index in [1.165, 1.54) is 36.5 Å². The summed E-state index contributed by atoms with van der Waals surface area (Å²) in [5.74, 6) is 2.50. The molecule has 3 rings (SSSR count). The summed E-state index contributed by atoms with van der Waals surface area (Å²) >= 11 is 2.04. The van der Waals surface area contributed by atoms with Gasteiger partial charge in [-0.1, -0.05) is 0 Å². The smallest absolute Gasteiger partial charge is 0.110 e. The molecule has 4 heteroatoms. The SMILES string of the molecule is NC1CCCc2nc(C3CCCS3)cn21. The Kier molecular flexibility index (Phi) is 2.48. The van der Waals surface area contributed by atoms with Crippen LogP contribution in [0.15, 0.2) is 6.20 Å². The van der Waals surface area contributed by atoms with E-state index in [1.54, 1.807) is 0 Å². The first-order valence-corrected chi connectivity index (χ1v) is 6.84. The third kappa shape index (κ3) is 1.70. The van der Waals surface area contributed by atoms with Gasteiger partial charge < -0.3 is 10.3 Å². The number of thioether (sulfide) groups is 1. The van der Waals surface area contributed by atoms with Crippen molar-refractivity contribution in [3.63, 3.8) is 0 Å². The lowest BCUT2D eigenvalue weighted by molar-refractivity contribution is 0.408. The third-order valence-electron chi connectivity index (χ3n) is 3.34. The minimum atomic E-state index is 0.168. The van der Waals surface area contributed by atoms with Gasteiger partial charge in [0.15, 0.2) is 0 Å². The molecular formula is C11H17N3S. The second-order valence-electron chi connectivity index (χ2n) is 4.45. The topological polar surface area (TPSA) is 43.8 Å². The monoisotopic (exact) mass is 223 g/mol. The molecule has 1 aromatic heterocycles. The molecule has 2 aliphatic rings. The quantitative estimate of drug-likeness (QED) is 0.794. The fraction of sp³-hybridized carbons (Fsp3) is 0.727. The van der Waals surface area contributed by atoms with Gasteiger partial charge in [-0.25, -0.2) is 4.98 Å². The molecule has 3 nitrogen and oxygen atoms in total. The zero-order valence-corrected chi connectivity index (χ0v) is 9.67. The molecule has 2 aliphatic heterocycles. The van der Waals surface area contributed by atoms with Crippen LogP contribution in [0.3, 0.4) is 0 Å². The first-order chi connectivity index (χ1) is 7.34. The molecule has 2 atom stereocenters. The predicted molar refractivity (Wildman–Crippen MR) is 62.8 cm³/mol. The van der Waals surface area contributed by atoms with E-state index in [9.17, 15) is 0 Å². The summed E-state index contributed by atoms with van der Waals surface area (Å²) in [6.45, 7) is 0. The minimum Gasteiger partial charge on any atom is -0.319 e. The van der Waals surface area contributed by atoms with Crippen molar-refractivity contribution < 1.29 is 0 Å². The van der Waals surface area contributed by atoms with Crippen LogP contribution in [0.25, 0.3) is 0 Å². The molecule has 1 saturated heterocycles. The highest BCUT2D eigenvalue weighted by Gasteiger charge is 2.24. The van der Waals surface area contributed by atoms with Crippen LogP contribution in [-0.2, 0) is 6.42 Å². The van der Waals surface area contributed by atoms with Crippen molar-refractivity contribution in [2.45, 2.75) is 43.5 Å². The third-order valence-corrected chi connectivity index (χ3v) is 4.75. The maximum atomic E-state index is 6.07. The van der Waals surface area contributed by atoms with E-state index in [0.29, 0.717) is 5.25 Å². The summed E-state index contributed by atoms with van der Waals surface area (Å²) in [6.07, 6.45) is 8.38. The van der Waals surface area contributed by atoms with Crippen LogP contribution in [0, 0.1) is 0 Å². The van der Waals surface area contributed by atoms with Gasteiger partial charge in [0.05, 0.1) is 11.9 Å². The Labute approximate surface area is 94.4 Å². The Bertz CT molecular complexity index is 355. The van der Waals surface area contributed by atoms with Gasteiger partial charge in [0.1, 0.15) is 5.82 Å². The van der Waals surface area contributed by atoms with Crippen LogP contribution in [0.5, 0.6) is 0 Å². The van der Waals surface area contributed by atoms with Crippen molar-refractivity contribution in [1.82, 2.24) is 9.55 Å². The van der Waals surface area contributed by atoms with Crippen LogP contribution < -0.4 is 5.73 Å². The average Bonchev–Trinajstić information content (AvgIpc) is 2.86. The number of aromatic nitrogens is 2. The molecule has 0 amide bonds. The van der Waals surface area contributed by atoms with Crippen LogP contribution in [-0.4, -0.2) is 15.3 Å². The lowest BCUT2D eigenvalue weighted by Crippen LogP contribution is -2.24. The predicted octanol–water partition coefficient (Wildman–Crippen LogP) is 2.24. The second kappa shape index (κ2) is 3.83. The summed E-state index contributed by atoms with van der Waals surface area (Å²) in [5, 5.41) is 0.635. The van der Waals surface area contributed by atoms with Gasteiger partial charge in [0, 0.05) is 17.9 Å². The Morgan fingerprint density at radius 3 is 3.07 bits per heavy atom. The van der Waals surface area contributed by atoms with Crippen LogP contribution in [0.1, 0.15) is 48.6 Å². The van der Waals surface area contributed by atoms with E-state index in [-0.39, 0.29) is 6.17 Å².